The molecule has 0 saturated carbocycles. The number of likely N-dealkylation sites (tertiary alicyclic amines) is 1. The molecule has 0 bridgehead atoms. The van der Waals surface area contributed by atoms with Crippen LogP contribution in [0.3, 0.4) is 0 Å². The number of halogens is 1. The largest absolute Gasteiger partial charge is 0.350 e. The van der Waals surface area contributed by atoms with Crippen molar-refractivity contribution in [1.29, 1.82) is 0 Å². The molecular weight excluding hydrogens is 316 g/mol. The van der Waals surface area contributed by atoms with Gasteiger partial charge in [-0.25, -0.2) is 0 Å². The molecule has 0 unspecified atom stereocenters. The Morgan fingerprint density at radius 1 is 1.05 bits per heavy atom. The Kier molecular flexibility index (Phi) is 4.10. The van der Waals surface area contributed by atoms with Gasteiger partial charge in [-0.15, -0.1) is 0 Å². The van der Waals surface area contributed by atoms with Crippen molar-refractivity contribution in [2.24, 2.45) is 0 Å². The van der Waals surface area contributed by atoms with E-state index in [0.29, 0.717) is 5.69 Å². The third kappa shape index (κ3) is 2.62. The van der Waals surface area contributed by atoms with E-state index in [0.717, 1.165) is 41.3 Å². The molecule has 0 aliphatic carbocycles. The average Bonchev–Trinajstić information content (AvgIpc) is 2.76. The third-order valence-electron chi connectivity index (χ3n) is 4.00. The quantitative estimate of drug-likeness (QED) is 0.827. The molecular formula is C16H19BrN2O. The van der Waals surface area contributed by atoms with E-state index < -0.39 is 0 Å². The lowest BCUT2D eigenvalue weighted by Gasteiger charge is -2.24. The van der Waals surface area contributed by atoms with Gasteiger partial charge in [0.2, 0.25) is 0 Å². The highest BCUT2D eigenvalue weighted by molar-refractivity contribution is 9.10. The SMILES string of the molecule is O=C(c1[nH]c2ccccc2c1Br)N1CCCCCCC1. The van der Waals surface area contributed by atoms with Crippen LogP contribution in [0.2, 0.25) is 0 Å². The van der Waals surface area contributed by atoms with Crippen LogP contribution >= 0.6 is 15.9 Å². The number of benzene rings is 1. The maximum atomic E-state index is 12.7. The molecule has 1 aromatic carbocycles. The molecule has 106 valence electrons. The summed E-state index contributed by atoms with van der Waals surface area (Å²) in [5.74, 6) is 0.120. The van der Waals surface area contributed by atoms with Gasteiger partial charge in [-0.05, 0) is 34.8 Å². The minimum absolute atomic E-state index is 0.120. The summed E-state index contributed by atoms with van der Waals surface area (Å²) in [5.41, 5.74) is 1.70. The summed E-state index contributed by atoms with van der Waals surface area (Å²) in [6, 6.07) is 8.01. The molecule has 1 saturated heterocycles. The van der Waals surface area contributed by atoms with E-state index in [1.54, 1.807) is 0 Å². The number of H-pyrrole nitrogens is 1. The molecule has 20 heavy (non-hydrogen) atoms. The highest BCUT2D eigenvalue weighted by Crippen LogP contribution is 2.29. The second-order valence-corrected chi connectivity index (χ2v) is 6.21. The van der Waals surface area contributed by atoms with Gasteiger partial charge in [0.25, 0.3) is 5.91 Å². The van der Waals surface area contributed by atoms with Crippen LogP contribution in [0.4, 0.5) is 0 Å². The number of aromatic nitrogens is 1. The predicted octanol–water partition coefficient (Wildman–Crippen LogP) is 4.34. The predicted molar refractivity (Wildman–Crippen MR) is 85.0 cm³/mol. The van der Waals surface area contributed by atoms with Gasteiger partial charge in [0.05, 0.1) is 4.47 Å². The Labute approximate surface area is 127 Å². The fourth-order valence-electron chi connectivity index (χ4n) is 2.86. The second kappa shape index (κ2) is 6.00. The van der Waals surface area contributed by atoms with E-state index in [-0.39, 0.29) is 5.91 Å². The number of nitrogens with one attached hydrogen (secondary N) is 1. The third-order valence-corrected chi connectivity index (χ3v) is 4.82. The van der Waals surface area contributed by atoms with Crippen molar-refractivity contribution in [3.63, 3.8) is 0 Å². The average molecular weight is 335 g/mol. The highest BCUT2D eigenvalue weighted by atomic mass is 79.9. The number of amides is 1. The van der Waals surface area contributed by atoms with Crippen LogP contribution in [0, 0.1) is 0 Å². The van der Waals surface area contributed by atoms with Crippen molar-refractivity contribution in [3.8, 4) is 0 Å². The zero-order valence-electron chi connectivity index (χ0n) is 11.5. The number of nitrogens with zero attached hydrogens (tertiary/aromatic N) is 1. The number of hydrogen-bond donors (Lipinski definition) is 1. The highest BCUT2D eigenvalue weighted by Gasteiger charge is 2.21. The molecule has 3 nitrogen and oxygen atoms in total. The monoisotopic (exact) mass is 334 g/mol. The first kappa shape index (κ1) is 13.7. The maximum absolute atomic E-state index is 12.7. The standard InChI is InChI=1S/C16H19BrN2O/c17-14-12-8-4-5-9-13(12)18-15(14)16(20)19-10-6-2-1-3-7-11-19/h4-5,8-9,18H,1-3,6-7,10-11H2. The molecule has 3 rings (SSSR count). The van der Waals surface area contributed by atoms with Gasteiger partial charge >= 0.3 is 0 Å². The van der Waals surface area contributed by atoms with Crippen LogP contribution in [-0.2, 0) is 0 Å². The van der Waals surface area contributed by atoms with E-state index in [2.05, 4.69) is 20.9 Å². The van der Waals surface area contributed by atoms with E-state index in [1.807, 2.05) is 29.2 Å². The topological polar surface area (TPSA) is 36.1 Å². The summed E-state index contributed by atoms with van der Waals surface area (Å²) in [4.78, 5) is 18.0. The van der Waals surface area contributed by atoms with Gasteiger partial charge in [-0.1, -0.05) is 37.5 Å². The molecule has 1 aromatic heterocycles. The Morgan fingerprint density at radius 3 is 2.40 bits per heavy atom. The minimum atomic E-state index is 0.120. The fraction of sp³-hybridized carbons (Fsp3) is 0.438. The van der Waals surface area contributed by atoms with Gasteiger partial charge in [0.1, 0.15) is 5.69 Å². The Balaban J connectivity index is 1.89. The van der Waals surface area contributed by atoms with Crippen molar-refractivity contribution < 1.29 is 4.79 Å². The van der Waals surface area contributed by atoms with Gasteiger partial charge in [-0.2, -0.15) is 0 Å². The Hall–Kier alpha value is -1.29. The molecule has 1 amide bonds. The van der Waals surface area contributed by atoms with Crippen LogP contribution in [0.25, 0.3) is 10.9 Å². The van der Waals surface area contributed by atoms with E-state index >= 15 is 0 Å². The van der Waals surface area contributed by atoms with E-state index in [4.69, 9.17) is 0 Å². The summed E-state index contributed by atoms with van der Waals surface area (Å²) in [7, 11) is 0. The second-order valence-electron chi connectivity index (χ2n) is 5.42. The van der Waals surface area contributed by atoms with Gasteiger partial charge < -0.3 is 9.88 Å². The summed E-state index contributed by atoms with van der Waals surface area (Å²) >= 11 is 3.58. The van der Waals surface area contributed by atoms with Crippen molar-refractivity contribution >= 4 is 32.7 Å². The molecule has 1 aliphatic rings. The van der Waals surface area contributed by atoms with Crippen molar-refractivity contribution in [1.82, 2.24) is 9.88 Å². The minimum Gasteiger partial charge on any atom is -0.350 e. The number of aromatic amines is 1. The number of carbonyl (C=O) groups is 1. The Morgan fingerprint density at radius 2 is 1.70 bits per heavy atom. The molecule has 0 atom stereocenters. The van der Waals surface area contributed by atoms with E-state index in [9.17, 15) is 4.79 Å². The van der Waals surface area contributed by atoms with Crippen LogP contribution in [0.15, 0.2) is 28.7 Å². The van der Waals surface area contributed by atoms with Crippen molar-refractivity contribution in [2.75, 3.05) is 13.1 Å². The number of fused-ring (bicyclic) bond motifs is 1. The van der Waals surface area contributed by atoms with Gasteiger partial charge in [0.15, 0.2) is 0 Å². The Bertz CT molecular complexity index is 612. The lowest BCUT2D eigenvalue weighted by molar-refractivity contribution is 0.0736. The first-order chi connectivity index (χ1) is 9.77. The van der Waals surface area contributed by atoms with Crippen LogP contribution in [-0.4, -0.2) is 28.9 Å². The normalized spacial score (nSPS) is 16.9. The number of carbonyl (C=O) groups excluding carboxylic acids is 1. The number of hydrogen-bond acceptors (Lipinski definition) is 1. The van der Waals surface area contributed by atoms with Crippen molar-refractivity contribution in [2.45, 2.75) is 32.1 Å². The summed E-state index contributed by atoms with van der Waals surface area (Å²) < 4.78 is 0.889. The van der Waals surface area contributed by atoms with Crippen LogP contribution < -0.4 is 0 Å². The summed E-state index contributed by atoms with van der Waals surface area (Å²) in [6.45, 7) is 1.75. The summed E-state index contributed by atoms with van der Waals surface area (Å²) in [6.07, 6.45) is 6.00. The maximum Gasteiger partial charge on any atom is 0.271 e. The van der Waals surface area contributed by atoms with E-state index in [1.165, 1.54) is 19.3 Å². The smallest absolute Gasteiger partial charge is 0.271 e. The number of rotatable bonds is 1. The number of para-hydroxylation sites is 1. The molecule has 0 radical (unpaired) electrons. The lowest BCUT2D eigenvalue weighted by Crippen LogP contribution is -2.34. The molecule has 0 spiro atoms. The van der Waals surface area contributed by atoms with Gasteiger partial charge in [-0.3, -0.25) is 4.79 Å². The van der Waals surface area contributed by atoms with Crippen molar-refractivity contribution in [3.05, 3.63) is 34.4 Å². The molecule has 2 aromatic rings. The fourth-order valence-corrected chi connectivity index (χ4v) is 3.48. The molecule has 4 heteroatoms. The first-order valence-corrected chi connectivity index (χ1v) is 8.12. The van der Waals surface area contributed by atoms with Crippen LogP contribution in [0.1, 0.15) is 42.6 Å². The molecule has 1 N–H and O–H groups in total. The molecule has 2 heterocycles. The zero-order chi connectivity index (χ0) is 13.9. The molecule has 1 fully saturated rings. The summed E-state index contributed by atoms with van der Waals surface area (Å²) in [5, 5.41) is 1.07. The van der Waals surface area contributed by atoms with Gasteiger partial charge in [0, 0.05) is 24.0 Å². The molecule has 1 aliphatic heterocycles. The first-order valence-electron chi connectivity index (χ1n) is 7.33. The van der Waals surface area contributed by atoms with Crippen LogP contribution in [0.5, 0.6) is 0 Å². The lowest BCUT2D eigenvalue weighted by atomic mass is 10.1. The zero-order valence-corrected chi connectivity index (χ0v) is 13.1.